The second kappa shape index (κ2) is 4.33. The van der Waals surface area contributed by atoms with E-state index in [2.05, 4.69) is 4.99 Å². The molecule has 4 N–H and O–H groups in total. The molecule has 4 heteroatoms. The second-order valence-corrected chi connectivity index (χ2v) is 3.07. The number of hydrogen-bond donors (Lipinski definition) is 2. The van der Waals surface area contributed by atoms with Gasteiger partial charge in [-0.2, -0.15) is 0 Å². The summed E-state index contributed by atoms with van der Waals surface area (Å²) in [6.45, 7) is 4.55. The maximum Gasteiger partial charge on any atom is 0.126 e. The summed E-state index contributed by atoms with van der Waals surface area (Å²) >= 11 is 5.95. The van der Waals surface area contributed by atoms with Crippen LogP contribution >= 0.6 is 11.6 Å². The first-order valence-electron chi connectivity index (χ1n) is 4.57. The van der Waals surface area contributed by atoms with Gasteiger partial charge >= 0.3 is 0 Å². The molecule has 1 aliphatic rings. The number of rotatable bonds is 0. The quantitative estimate of drug-likeness (QED) is 0.646. The topological polar surface area (TPSA) is 64.4 Å². The van der Waals surface area contributed by atoms with Gasteiger partial charge in [0.05, 0.1) is 17.3 Å². The summed E-state index contributed by atoms with van der Waals surface area (Å²) in [5.41, 5.74) is 13.7. The number of aliphatic imine (C=N–C) groups is 1. The molecule has 0 aliphatic carbocycles. The van der Waals surface area contributed by atoms with E-state index in [1.54, 1.807) is 6.07 Å². The molecule has 0 spiro atoms. The van der Waals surface area contributed by atoms with Gasteiger partial charge < -0.3 is 11.5 Å². The Kier molecular flexibility index (Phi) is 3.36. The summed E-state index contributed by atoms with van der Waals surface area (Å²) in [6.07, 6.45) is 0. The summed E-state index contributed by atoms with van der Waals surface area (Å²) in [4.78, 5) is 4.06. The number of halogens is 1. The van der Waals surface area contributed by atoms with Crippen LogP contribution in [0.1, 0.15) is 25.0 Å². The fourth-order valence-electron chi connectivity index (χ4n) is 1.28. The Balaban J connectivity index is 0.000000461. The highest BCUT2D eigenvalue weighted by Crippen LogP contribution is 2.30. The molecule has 0 bridgehead atoms. The van der Waals surface area contributed by atoms with E-state index in [-0.39, 0.29) is 0 Å². The van der Waals surface area contributed by atoms with Crippen molar-refractivity contribution in [2.24, 2.45) is 10.7 Å². The Labute approximate surface area is 88.8 Å². The zero-order chi connectivity index (χ0) is 10.7. The van der Waals surface area contributed by atoms with Gasteiger partial charge in [0.25, 0.3) is 0 Å². The van der Waals surface area contributed by atoms with Crippen molar-refractivity contribution in [1.29, 1.82) is 0 Å². The second-order valence-electron chi connectivity index (χ2n) is 2.70. The highest BCUT2D eigenvalue weighted by Gasteiger charge is 2.16. The van der Waals surface area contributed by atoms with Crippen molar-refractivity contribution in [2.75, 3.05) is 5.73 Å². The Bertz CT molecular complexity index is 372. The molecule has 1 aromatic carbocycles. The van der Waals surface area contributed by atoms with E-state index in [1.807, 2.05) is 19.9 Å². The fraction of sp³-hybridized carbons (Fsp3) is 0.300. The van der Waals surface area contributed by atoms with Crippen LogP contribution in [0, 0.1) is 0 Å². The molecule has 1 aromatic rings. The van der Waals surface area contributed by atoms with E-state index >= 15 is 0 Å². The Morgan fingerprint density at radius 1 is 1.29 bits per heavy atom. The van der Waals surface area contributed by atoms with E-state index in [0.29, 0.717) is 23.1 Å². The molecule has 14 heavy (non-hydrogen) atoms. The van der Waals surface area contributed by atoms with Crippen molar-refractivity contribution in [2.45, 2.75) is 20.4 Å². The number of nitrogen functional groups attached to an aromatic ring is 1. The molecular formula is C10H14ClN3. The highest BCUT2D eigenvalue weighted by atomic mass is 35.5. The molecule has 0 unspecified atom stereocenters. The molecule has 0 aromatic heterocycles. The summed E-state index contributed by atoms with van der Waals surface area (Å²) < 4.78 is 0. The van der Waals surface area contributed by atoms with Gasteiger partial charge in [0.15, 0.2) is 0 Å². The molecule has 0 fully saturated rings. The Morgan fingerprint density at radius 3 is 2.57 bits per heavy atom. The Morgan fingerprint density at radius 2 is 1.93 bits per heavy atom. The van der Waals surface area contributed by atoms with Crippen LogP contribution in [0.4, 0.5) is 5.69 Å². The van der Waals surface area contributed by atoms with Crippen LogP contribution in [0.3, 0.4) is 0 Å². The molecule has 0 saturated carbocycles. The molecule has 0 saturated heterocycles. The van der Waals surface area contributed by atoms with E-state index in [1.165, 1.54) is 0 Å². The average Bonchev–Trinajstić information content (AvgIpc) is 2.58. The average molecular weight is 212 g/mol. The van der Waals surface area contributed by atoms with Crippen molar-refractivity contribution in [3.8, 4) is 0 Å². The van der Waals surface area contributed by atoms with Crippen LogP contribution in [0.5, 0.6) is 0 Å². The summed E-state index contributed by atoms with van der Waals surface area (Å²) in [5.74, 6) is 0.548. The van der Waals surface area contributed by atoms with Crippen molar-refractivity contribution >= 4 is 23.1 Å². The van der Waals surface area contributed by atoms with Gasteiger partial charge in [-0.05, 0) is 12.1 Å². The SMILES string of the molecule is CC.NC1=NCc2c1ccc(N)c2Cl. The lowest BCUT2D eigenvalue weighted by atomic mass is 10.1. The van der Waals surface area contributed by atoms with Crippen LogP contribution in [0.25, 0.3) is 0 Å². The number of anilines is 1. The van der Waals surface area contributed by atoms with Crippen molar-refractivity contribution in [1.82, 2.24) is 0 Å². The zero-order valence-electron chi connectivity index (χ0n) is 8.34. The lowest BCUT2D eigenvalue weighted by molar-refractivity contribution is 1.11. The number of fused-ring (bicyclic) bond motifs is 1. The van der Waals surface area contributed by atoms with Gasteiger partial charge in [-0.3, -0.25) is 4.99 Å². The maximum atomic E-state index is 5.95. The molecule has 76 valence electrons. The van der Waals surface area contributed by atoms with Gasteiger partial charge in [0, 0.05) is 11.1 Å². The van der Waals surface area contributed by atoms with Crippen molar-refractivity contribution < 1.29 is 0 Å². The van der Waals surface area contributed by atoms with Gasteiger partial charge in [-0.15, -0.1) is 0 Å². The molecule has 0 radical (unpaired) electrons. The normalized spacial score (nSPS) is 12.6. The van der Waals surface area contributed by atoms with Gasteiger partial charge in [-0.25, -0.2) is 0 Å². The van der Waals surface area contributed by atoms with Crippen LogP contribution < -0.4 is 11.5 Å². The Hall–Kier alpha value is -1.22. The highest BCUT2D eigenvalue weighted by molar-refractivity contribution is 6.34. The summed E-state index contributed by atoms with van der Waals surface area (Å²) in [6, 6.07) is 3.59. The van der Waals surface area contributed by atoms with Crippen molar-refractivity contribution in [3.05, 3.63) is 28.3 Å². The summed E-state index contributed by atoms with van der Waals surface area (Å²) in [7, 11) is 0. The number of benzene rings is 1. The smallest absolute Gasteiger partial charge is 0.126 e. The van der Waals surface area contributed by atoms with E-state index in [0.717, 1.165) is 11.1 Å². The first-order chi connectivity index (χ1) is 6.70. The number of nitrogens with zero attached hydrogens (tertiary/aromatic N) is 1. The third kappa shape index (κ3) is 1.68. The van der Waals surface area contributed by atoms with E-state index in [9.17, 15) is 0 Å². The van der Waals surface area contributed by atoms with Crippen LogP contribution in [-0.2, 0) is 6.54 Å². The van der Waals surface area contributed by atoms with Crippen LogP contribution in [0.2, 0.25) is 5.02 Å². The number of nitrogens with two attached hydrogens (primary N) is 2. The van der Waals surface area contributed by atoms with Gasteiger partial charge in [-0.1, -0.05) is 25.4 Å². The largest absolute Gasteiger partial charge is 0.398 e. The zero-order valence-corrected chi connectivity index (χ0v) is 9.10. The molecule has 1 aliphatic heterocycles. The predicted octanol–water partition coefficient (Wildman–Crippen LogP) is 2.17. The molecule has 2 rings (SSSR count). The third-order valence-electron chi connectivity index (χ3n) is 1.96. The van der Waals surface area contributed by atoms with Crippen LogP contribution in [-0.4, -0.2) is 5.84 Å². The van der Waals surface area contributed by atoms with Crippen molar-refractivity contribution in [3.63, 3.8) is 0 Å². The predicted molar refractivity (Wildman–Crippen MR) is 61.6 cm³/mol. The molecular weight excluding hydrogens is 198 g/mol. The molecule has 0 atom stereocenters. The van der Waals surface area contributed by atoms with E-state index in [4.69, 9.17) is 23.1 Å². The molecule has 0 amide bonds. The fourth-order valence-corrected chi connectivity index (χ4v) is 1.51. The monoisotopic (exact) mass is 211 g/mol. The molecule has 1 heterocycles. The van der Waals surface area contributed by atoms with Gasteiger partial charge in [0.2, 0.25) is 0 Å². The lowest BCUT2D eigenvalue weighted by Gasteiger charge is -2.03. The lowest BCUT2D eigenvalue weighted by Crippen LogP contribution is -2.10. The first kappa shape index (κ1) is 10.9. The minimum Gasteiger partial charge on any atom is -0.398 e. The standard InChI is InChI=1S/C8H8ClN3.C2H6/c9-7-5-3-12-8(11)4(5)1-2-6(7)10;1-2/h1-2H,3,10H2,(H2,11,12);1-2H3. The maximum absolute atomic E-state index is 5.95. The van der Waals surface area contributed by atoms with E-state index < -0.39 is 0 Å². The minimum atomic E-state index is 0.547. The number of hydrogen-bond acceptors (Lipinski definition) is 3. The number of amidine groups is 1. The van der Waals surface area contributed by atoms with Crippen LogP contribution in [0.15, 0.2) is 17.1 Å². The van der Waals surface area contributed by atoms with Gasteiger partial charge in [0.1, 0.15) is 5.84 Å². The summed E-state index contributed by atoms with van der Waals surface area (Å²) in [5, 5.41) is 0.580. The third-order valence-corrected chi connectivity index (χ3v) is 2.40. The molecule has 3 nitrogen and oxygen atoms in total. The first-order valence-corrected chi connectivity index (χ1v) is 4.95. The minimum absolute atomic E-state index is 0.547.